The first-order valence-electron chi connectivity index (χ1n) is 6.74. The van der Waals surface area contributed by atoms with Crippen molar-refractivity contribution in [1.29, 1.82) is 0 Å². The Kier molecular flexibility index (Phi) is 3.83. The summed E-state index contributed by atoms with van der Waals surface area (Å²) in [5.41, 5.74) is 2.00. The van der Waals surface area contributed by atoms with Gasteiger partial charge in [-0.05, 0) is 30.8 Å². The molecule has 0 unspecified atom stereocenters. The number of phenolic OH excluding ortho intramolecular Hbond substituents is 1. The third-order valence-electron chi connectivity index (χ3n) is 3.25. The summed E-state index contributed by atoms with van der Waals surface area (Å²) in [4.78, 5) is 0. The summed E-state index contributed by atoms with van der Waals surface area (Å²) >= 11 is 0. The fourth-order valence-electron chi connectivity index (χ4n) is 2.18. The number of nitrogens with one attached hydrogen (secondary N) is 1. The summed E-state index contributed by atoms with van der Waals surface area (Å²) in [6.45, 7) is 1.36. The lowest BCUT2D eigenvalue weighted by Gasteiger charge is -2.12. The van der Waals surface area contributed by atoms with Crippen molar-refractivity contribution < 1.29 is 19.3 Å². The second-order valence-electron chi connectivity index (χ2n) is 4.80. The predicted octanol–water partition coefficient (Wildman–Crippen LogP) is 2.42. The number of benzene rings is 2. The minimum atomic E-state index is 0.246. The molecule has 2 N–H and O–H groups in total. The molecule has 0 fully saturated rings. The van der Waals surface area contributed by atoms with Crippen LogP contribution in [-0.2, 0) is 13.2 Å². The van der Waals surface area contributed by atoms with Crippen LogP contribution in [0, 0.1) is 0 Å². The Morgan fingerprint density at radius 1 is 1.14 bits per heavy atom. The van der Waals surface area contributed by atoms with Gasteiger partial charge in [-0.15, -0.1) is 0 Å². The molecule has 0 radical (unpaired) electrons. The molecule has 0 aromatic heterocycles. The number of phenols is 1. The Bertz CT molecular complexity index is 625. The zero-order valence-corrected chi connectivity index (χ0v) is 11.8. The maximum atomic E-state index is 9.28. The monoisotopic (exact) mass is 287 g/mol. The van der Waals surface area contributed by atoms with Crippen molar-refractivity contribution in [3.8, 4) is 23.0 Å². The number of aromatic hydroxyl groups is 1. The number of hydrogen-bond acceptors (Lipinski definition) is 5. The maximum Gasteiger partial charge on any atom is 0.231 e. The Hall–Kier alpha value is -2.40. The Morgan fingerprint density at radius 2 is 1.86 bits per heavy atom. The third kappa shape index (κ3) is 3.03. The molecular weight excluding hydrogens is 270 g/mol. The lowest BCUT2D eigenvalue weighted by molar-refractivity contribution is 0.173. The normalized spacial score (nSPS) is 12.4. The highest BCUT2D eigenvalue weighted by molar-refractivity contribution is 5.51. The van der Waals surface area contributed by atoms with Gasteiger partial charge in [0.15, 0.2) is 11.5 Å². The Morgan fingerprint density at radius 3 is 2.57 bits per heavy atom. The van der Waals surface area contributed by atoms with E-state index in [4.69, 9.17) is 14.2 Å². The van der Waals surface area contributed by atoms with Crippen LogP contribution in [0.1, 0.15) is 11.1 Å². The Labute approximate surface area is 123 Å². The molecule has 2 aromatic carbocycles. The molecule has 1 aliphatic heterocycles. The van der Waals surface area contributed by atoms with E-state index in [1.54, 1.807) is 12.1 Å². The number of fused-ring (bicyclic) bond motifs is 1. The summed E-state index contributed by atoms with van der Waals surface area (Å²) in [6.07, 6.45) is 0. The van der Waals surface area contributed by atoms with Crippen molar-refractivity contribution in [1.82, 2.24) is 5.32 Å². The summed E-state index contributed by atoms with van der Waals surface area (Å²) in [5, 5.41) is 12.4. The maximum absolute atomic E-state index is 9.28. The molecule has 0 saturated carbocycles. The largest absolute Gasteiger partial charge is 0.508 e. The van der Waals surface area contributed by atoms with Crippen molar-refractivity contribution in [3.63, 3.8) is 0 Å². The van der Waals surface area contributed by atoms with E-state index in [2.05, 4.69) is 5.32 Å². The van der Waals surface area contributed by atoms with Crippen molar-refractivity contribution in [2.45, 2.75) is 13.2 Å². The highest BCUT2D eigenvalue weighted by Gasteiger charge is 2.17. The van der Waals surface area contributed by atoms with E-state index in [0.29, 0.717) is 18.9 Å². The molecule has 1 heterocycles. The van der Waals surface area contributed by atoms with Gasteiger partial charge in [0.05, 0.1) is 0 Å². The van der Waals surface area contributed by atoms with Crippen LogP contribution in [0.15, 0.2) is 36.4 Å². The standard InChI is InChI=1S/C16H17NO4/c1-17-8-12-6-15-16(21-10-20-15)7-14(12)19-9-11-2-4-13(18)5-3-11/h2-7,17-18H,8-10H2,1H3. The highest BCUT2D eigenvalue weighted by Crippen LogP contribution is 2.38. The first kappa shape index (κ1) is 13.6. The van der Waals surface area contributed by atoms with E-state index in [1.807, 2.05) is 31.3 Å². The van der Waals surface area contributed by atoms with Crippen molar-refractivity contribution >= 4 is 0 Å². The molecule has 5 heteroatoms. The zero-order valence-electron chi connectivity index (χ0n) is 11.8. The van der Waals surface area contributed by atoms with Crippen LogP contribution >= 0.6 is 0 Å². The molecule has 1 aliphatic rings. The van der Waals surface area contributed by atoms with Gasteiger partial charge < -0.3 is 24.6 Å². The van der Waals surface area contributed by atoms with E-state index < -0.39 is 0 Å². The molecule has 2 aromatic rings. The van der Waals surface area contributed by atoms with Crippen LogP contribution in [0.5, 0.6) is 23.0 Å². The van der Waals surface area contributed by atoms with Gasteiger partial charge in [0, 0.05) is 18.2 Å². The lowest BCUT2D eigenvalue weighted by Crippen LogP contribution is -2.07. The first-order chi connectivity index (χ1) is 10.3. The molecule has 3 rings (SSSR count). The van der Waals surface area contributed by atoms with E-state index in [9.17, 15) is 5.11 Å². The molecule has 0 spiro atoms. The topological polar surface area (TPSA) is 60.0 Å². The average molecular weight is 287 g/mol. The van der Waals surface area contributed by atoms with Crippen molar-refractivity contribution in [2.75, 3.05) is 13.8 Å². The van der Waals surface area contributed by atoms with Gasteiger partial charge in [-0.2, -0.15) is 0 Å². The SMILES string of the molecule is CNCc1cc2c(cc1OCc1ccc(O)cc1)OCO2. The zero-order chi connectivity index (χ0) is 14.7. The minimum absolute atomic E-state index is 0.246. The molecule has 0 aliphatic carbocycles. The smallest absolute Gasteiger partial charge is 0.231 e. The van der Waals surface area contributed by atoms with Crippen LogP contribution in [0.4, 0.5) is 0 Å². The van der Waals surface area contributed by atoms with E-state index in [0.717, 1.165) is 22.6 Å². The molecule has 110 valence electrons. The number of ether oxygens (including phenoxy) is 3. The fourth-order valence-corrected chi connectivity index (χ4v) is 2.18. The van der Waals surface area contributed by atoms with E-state index >= 15 is 0 Å². The molecule has 0 amide bonds. The van der Waals surface area contributed by atoms with Gasteiger partial charge in [0.2, 0.25) is 6.79 Å². The molecular formula is C16H17NO4. The fraction of sp³-hybridized carbons (Fsp3) is 0.250. The van der Waals surface area contributed by atoms with Crippen LogP contribution in [0.3, 0.4) is 0 Å². The van der Waals surface area contributed by atoms with Gasteiger partial charge in [0.25, 0.3) is 0 Å². The predicted molar refractivity (Wildman–Crippen MR) is 77.8 cm³/mol. The lowest BCUT2D eigenvalue weighted by atomic mass is 10.1. The third-order valence-corrected chi connectivity index (χ3v) is 3.25. The van der Waals surface area contributed by atoms with Gasteiger partial charge in [-0.1, -0.05) is 12.1 Å². The first-order valence-corrected chi connectivity index (χ1v) is 6.74. The highest BCUT2D eigenvalue weighted by atomic mass is 16.7. The average Bonchev–Trinajstić information content (AvgIpc) is 2.94. The van der Waals surface area contributed by atoms with Crippen LogP contribution in [0.25, 0.3) is 0 Å². The van der Waals surface area contributed by atoms with Gasteiger partial charge in [0.1, 0.15) is 18.1 Å². The van der Waals surface area contributed by atoms with Crippen molar-refractivity contribution in [3.05, 3.63) is 47.5 Å². The Balaban J connectivity index is 1.78. The second-order valence-corrected chi connectivity index (χ2v) is 4.80. The van der Waals surface area contributed by atoms with E-state index in [1.165, 1.54) is 0 Å². The van der Waals surface area contributed by atoms with E-state index in [-0.39, 0.29) is 12.5 Å². The molecule has 0 saturated heterocycles. The van der Waals surface area contributed by atoms with Crippen LogP contribution in [-0.4, -0.2) is 18.9 Å². The van der Waals surface area contributed by atoms with Gasteiger partial charge in [-0.3, -0.25) is 0 Å². The van der Waals surface area contributed by atoms with Crippen LogP contribution in [0.2, 0.25) is 0 Å². The number of rotatable bonds is 5. The summed E-state index contributed by atoms with van der Waals surface area (Å²) < 4.78 is 16.7. The van der Waals surface area contributed by atoms with Gasteiger partial charge >= 0.3 is 0 Å². The van der Waals surface area contributed by atoms with Crippen molar-refractivity contribution in [2.24, 2.45) is 0 Å². The molecule has 21 heavy (non-hydrogen) atoms. The quantitative estimate of drug-likeness (QED) is 0.884. The second kappa shape index (κ2) is 5.93. The summed E-state index contributed by atoms with van der Waals surface area (Å²) in [6, 6.07) is 10.8. The molecule has 0 atom stereocenters. The minimum Gasteiger partial charge on any atom is -0.508 e. The van der Waals surface area contributed by atoms with Gasteiger partial charge in [-0.25, -0.2) is 0 Å². The number of hydrogen-bond donors (Lipinski definition) is 2. The summed E-state index contributed by atoms with van der Waals surface area (Å²) in [5.74, 6) is 2.46. The molecule has 5 nitrogen and oxygen atoms in total. The molecule has 0 bridgehead atoms. The summed E-state index contributed by atoms with van der Waals surface area (Å²) in [7, 11) is 1.88. The van der Waals surface area contributed by atoms with Crippen LogP contribution < -0.4 is 19.5 Å².